The number of anilines is 1. The molecule has 0 amide bonds. The SMILES string of the molecule is Cc1ccc2c(c1)[C@@H](C)Oc1cc(cnc1N)-c1c(C3CCC3)noc1Cc1cn(C)nc1-2. The molecule has 6 rings (SSSR count). The molecule has 7 heteroatoms. The summed E-state index contributed by atoms with van der Waals surface area (Å²) >= 11 is 0. The molecule has 2 bridgehead atoms. The van der Waals surface area contributed by atoms with Crippen LogP contribution >= 0.6 is 0 Å². The Bertz CT molecular complexity index is 1370. The molecule has 1 fully saturated rings. The molecule has 168 valence electrons. The van der Waals surface area contributed by atoms with Crippen LogP contribution in [0.4, 0.5) is 5.82 Å². The van der Waals surface area contributed by atoms with E-state index in [9.17, 15) is 0 Å². The van der Waals surface area contributed by atoms with Crippen molar-refractivity contribution in [3.63, 3.8) is 0 Å². The summed E-state index contributed by atoms with van der Waals surface area (Å²) in [6, 6.07) is 8.38. The van der Waals surface area contributed by atoms with Gasteiger partial charge in [-0.3, -0.25) is 4.68 Å². The van der Waals surface area contributed by atoms with Gasteiger partial charge in [0.1, 0.15) is 11.9 Å². The first-order valence-corrected chi connectivity index (χ1v) is 11.5. The van der Waals surface area contributed by atoms with Gasteiger partial charge in [-0.25, -0.2) is 4.98 Å². The fourth-order valence-electron chi connectivity index (χ4n) is 4.97. The van der Waals surface area contributed by atoms with Crippen LogP contribution < -0.4 is 10.5 Å². The molecule has 1 aliphatic carbocycles. The van der Waals surface area contributed by atoms with E-state index in [1.54, 1.807) is 6.20 Å². The Balaban J connectivity index is 1.62. The van der Waals surface area contributed by atoms with Crippen molar-refractivity contribution in [2.45, 2.75) is 51.6 Å². The molecule has 1 aromatic carbocycles. The maximum atomic E-state index is 6.42. The minimum absolute atomic E-state index is 0.235. The van der Waals surface area contributed by atoms with Crippen LogP contribution in [0.15, 0.2) is 41.2 Å². The Hall–Kier alpha value is -3.61. The van der Waals surface area contributed by atoms with E-state index in [0.717, 1.165) is 63.4 Å². The summed E-state index contributed by atoms with van der Waals surface area (Å²) in [5, 5.41) is 9.37. The van der Waals surface area contributed by atoms with E-state index >= 15 is 0 Å². The maximum Gasteiger partial charge on any atom is 0.166 e. The van der Waals surface area contributed by atoms with Crippen molar-refractivity contribution in [2.24, 2.45) is 7.05 Å². The zero-order valence-electron chi connectivity index (χ0n) is 19.1. The smallest absolute Gasteiger partial charge is 0.166 e. The van der Waals surface area contributed by atoms with Crippen LogP contribution in [0, 0.1) is 6.92 Å². The third-order valence-electron chi connectivity index (χ3n) is 6.91. The molecule has 33 heavy (non-hydrogen) atoms. The van der Waals surface area contributed by atoms with Crippen molar-refractivity contribution in [1.82, 2.24) is 19.9 Å². The van der Waals surface area contributed by atoms with Crippen molar-refractivity contribution in [1.29, 1.82) is 0 Å². The van der Waals surface area contributed by atoms with Gasteiger partial charge >= 0.3 is 0 Å². The summed E-state index contributed by atoms with van der Waals surface area (Å²) in [5.41, 5.74) is 14.5. The van der Waals surface area contributed by atoms with Crippen LogP contribution in [-0.2, 0) is 13.5 Å². The highest BCUT2D eigenvalue weighted by molar-refractivity contribution is 5.74. The van der Waals surface area contributed by atoms with Gasteiger partial charge in [0.2, 0.25) is 0 Å². The average Bonchev–Trinajstić information content (AvgIpc) is 3.31. The lowest BCUT2D eigenvalue weighted by Gasteiger charge is -2.24. The van der Waals surface area contributed by atoms with Gasteiger partial charge < -0.3 is 15.0 Å². The summed E-state index contributed by atoms with van der Waals surface area (Å²) in [6.45, 7) is 4.13. The van der Waals surface area contributed by atoms with Gasteiger partial charge in [-0.2, -0.15) is 5.10 Å². The predicted octanol–water partition coefficient (Wildman–Crippen LogP) is 5.34. The monoisotopic (exact) mass is 441 g/mol. The highest BCUT2D eigenvalue weighted by atomic mass is 16.5. The van der Waals surface area contributed by atoms with E-state index in [4.69, 9.17) is 20.1 Å². The van der Waals surface area contributed by atoms with Crippen LogP contribution in [0.5, 0.6) is 5.75 Å². The van der Waals surface area contributed by atoms with E-state index in [-0.39, 0.29) is 6.10 Å². The minimum atomic E-state index is -0.235. The van der Waals surface area contributed by atoms with Crippen molar-refractivity contribution in [2.75, 3.05) is 5.73 Å². The summed E-state index contributed by atoms with van der Waals surface area (Å²) < 4.78 is 14.3. The summed E-state index contributed by atoms with van der Waals surface area (Å²) in [6.07, 6.45) is 7.72. The van der Waals surface area contributed by atoms with E-state index < -0.39 is 0 Å². The molecule has 1 atom stereocenters. The second-order valence-corrected chi connectivity index (χ2v) is 9.31. The second-order valence-electron chi connectivity index (χ2n) is 9.31. The zero-order valence-corrected chi connectivity index (χ0v) is 19.1. The molecule has 4 heterocycles. The first kappa shape index (κ1) is 20.0. The second kappa shape index (κ2) is 7.47. The van der Waals surface area contributed by atoms with Gasteiger partial charge in [-0.05, 0) is 32.8 Å². The molecule has 1 aliphatic heterocycles. The number of nitrogen functional groups attached to an aromatic ring is 1. The number of aromatic nitrogens is 4. The lowest BCUT2D eigenvalue weighted by Crippen LogP contribution is -2.11. The predicted molar refractivity (Wildman–Crippen MR) is 126 cm³/mol. The topological polar surface area (TPSA) is 92.0 Å². The molecule has 0 saturated heterocycles. The Kier molecular flexibility index (Phi) is 4.54. The average molecular weight is 442 g/mol. The Morgan fingerprint density at radius 2 is 2.03 bits per heavy atom. The van der Waals surface area contributed by atoms with E-state index in [2.05, 4.69) is 41.5 Å². The number of benzene rings is 1. The highest BCUT2D eigenvalue weighted by Crippen LogP contribution is 2.44. The van der Waals surface area contributed by atoms with Gasteiger partial charge in [-0.1, -0.05) is 35.3 Å². The number of pyridine rings is 1. The quantitative estimate of drug-likeness (QED) is 0.429. The normalized spacial score (nSPS) is 17.6. The maximum absolute atomic E-state index is 6.42. The minimum Gasteiger partial charge on any atom is -0.482 e. The van der Waals surface area contributed by atoms with Crippen LogP contribution in [0.3, 0.4) is 0 Å². The molecule has 2 N–H and O–H groups in total. The van der Waals surface area contributed by atoms with Crippen LogP contribution in [0.2, 0.25) is 0 Å². The molecule has 0 spiro atoms. The van der Waals surface area contributed by atoms with Crippen molar-refractivity contribution in [3.05, 3.63) is 64.8 Å². The lowest BCUT2D eigenvalue weighted by molar-refractivity contribution is 0.228. The fraction of sp³-hybridized carbons (Fsp3) is 0.346. The van der Waals surface area contributed by atoms with Crippen LogP contribution in [-0.4, -0.2) is 19.9 Å². The van der Waals surface area contributed by atoms with Crippen LogP contribution in [0.25, 0.3) is 22.4 Å². The third kappa shape index (κ3) is 3.30. The zero-order chi connectivity index (χ0) is 22.7. The Labute approximate surface area is 192 Å². The number of nitrogens with zero attached hydrogens (tertiary/aromatic N) is 4. The summed E-state index contributed by atoms with van der Waals surface area (Å²) in [7, 11) is 1.95. The number of rotatable bonds is 1. The number of hydrogen-bond donors (Lipinski definition) is 1. The Morgan fingerprint density at radius 3 is 2.82 bits per heavy atom. The van der Waals surface area contributed by atoms with Crippen molar-refractivity contribution < 1.29 is 9.26 Å². The Morgan fingerprint density at radius 1 is 1.18 bits per heavy atom. The molecule has 7 nitrogen and oxygen atoms in total. The summed E-state index contributed by atoms with van der Waals surface area (Å²) in [4.78, 5) is 4.47. The molecular weight excluding hydrogens is 414 g/mol. The van der Waals surface area contributed by atoms with E-state index in [1.165, 1.54) is 6.42 Å². The summed E-state index contributed by atoms with van der Waals surface area (Å²) in [5.74, 6) is 2.19. The molecular formula is C26H27N5O2. The standard InChI is InChI=1S/C26H27N5O2/c1-14-7-8-19-20(9-14)15(2)32-22-10-17(12-28-26(22)27)23-21(11-18-13-31(3)29-24(18)19)33-30-25(23)16-5-4-6-16/h7-10,12-13,15-16H,4-6,11H2,1-3H3,(H2,27,28)/t15-/m1/s1. The van der Waals surface area contributed by atoms with Gasteiger partial charge in [0.25, 0.3) is 0 Å². The van der Waals surface area contributed by atoms with Gasteiger partial charge in [0.15, 0.2) is 11.6 Å². The number of hydrogen-bond acceptors (Lipinski definition) is 6. The lowest BCUT2D eigenvalue weighted by atomic mass is 9.80. The molecule has 0 unspecified atom stereocenters. The highest BCUT2D eigenvalue weighted by Gasteiger charge is 2.31. The van der Waals surface area contributed by atoms with E-state index in [1.807, 2.05) is 24.7 Å². The molecule has 3 aromatic heterocycles. The van der Waals surface area contributed by atoms with Crippen LogP contribution in [0.1, 0.15) is 66.4 Å². The number of aryl methyl sites for hydroxylation is 2. The third-order valence-corrected chi connectivity index (χ3v) is 6.91. The van der Waals surface area contributed by atoms with E-state index in [0.29, 0.717) is 23.9 Å². The first-order chi connectivity index (χ1) is 16.0. The largest absolute Gasteiger partial charge is 0.482 e. The fourth-order valence-corrected chi connectivity index (χ4v) is 4.97. The van der Waals surface area contributed by atoms with Gasteiger partial charge in [0.05, 0.1) is 17.0 Å². The first-order valence-electron chi connectivity index (χ1n) is 11.5. The number of ether oxygens (including phenoxy) is 1. The van der Waals surface area contributed by atoms with Gasteiger partial charge in [-0.15, -0.1) is 0 Å². The van der Waals surface area contributed by atoms with Gasteiger partial charge in [0, 0.05) is 54.0 Å². The number of fused-ring (bicyclic) bond motifs is 7. The molecule has 4 aromatic rings. The van der Waals surface area contributed by atoms with Crippen molar-refractivity contribution in [3.8, 4) is 28.1 Å². The molecule has 0 radical (unpaired) electrons. The van der Waals surface area contributed by atoms with Crippen molar-refractivity contribution >= 4 is 5.82 Å². The molecule has 2 aliphatic rings. The number of nitrogens with two attached hydrogens (primary N) is 1. The molecule has 1 saturated carbocycles.